The molecule has 1 amide bonds. The van der Waals surface area contributed by atoms with Crippen LogP contribution in [0.1, 0.15) is 34.3 Å². The topological polar surface area (TPSA) is 37.4 Å². The molecular weight excluding hydrogens is 293 g/mol. The number of hydrogen-bond donors (Lipinski definition) is 0. The van der Waals surface area contributed by atoms with Crippen LogP contribution in [0.25, 0.3) is 0 Å². The molecule has 2 aromatic carbocycles. The van der Waals surface area contributed by atoms with Crippen molar-refractivity contribution in [3.05, 3.63) is 71.0 Å². The molecule has 1 saturated carbocycles. The van der Waals surface area contributed by atoms with E-state index in [9.17, 15) is 14.0 Å². The molecule has 0 bridgehead atoms. The summed E-state index contributed by atoms with van der Waals surface area (Å²) in [6.45, 7) is 2.19. The Hall–Kier alpha value is -2.49. The van der Waals surface area contributed by atoms with E-state index in [-0.39, 0.29) is 18.4 Å². The average Bonchev–Trinajstić information content (AvgIpc) is 3.37. The number of ketones is 1. The van der Waals surface area contributed by atoms with E-state index < -0.39 is 11.7 Å². The number of benzene rings is 2. The van der Waals surface area contributed by atoms with Gasteiger partial charge in [-0.3, -0.25) is 9.59 Å². The van der Waals surface area contributed by atoms with Crippen molar-refractivity contribution in [1.82, 2.24) is 4.90 Å². The summed E-state index contributed by atoms with van der Waals surface area (Å²) in [7, 11) is 0. The van der Waals surface area contributed by atoms with E-state index in [0.717, 1.165) is 18.4 Å². The highest BCUT2D eigenvalue weighted by Crippen LogP contribution is 2.29. The van der Waals surface area contributed by atoms with E-state index >= 15 is 0 Å². The quantitative estimate of drug-likeness (QED) is 0.626. The van der Waals surface area contributed by atoms with Gasteiger partial charge in [-0.15, -0.1) is 0 Å². The number of halogens is 1. The maximum Gasteiger partial charge on any atom is 0.295 e. The predicted molar refractivity (Wildman–Crippen MR) is 85.5 cm³/mol. The Morgan fingerprint density at radius 3 is 2.43 bits per heavy atom. The summed E-state index contributed by atoms with van der Waals surface area (Å²) < 4.78 is 13.3. The molecule has 3 rings (SSSR count). The smallest absolute Gasteiger partial charge is 0.295 e. The zero-order chi connectivity index (χ0) is 16.4. The highest BCUT2D eigenvalue weighted by Gasteiger charge is 2.35. The minimum absolute atomic E-state index is 0.0835. The van der Waals surface area contributed by atoms with Crippen LogP contribution in [-0.4, -0.2) is 22.6 Å². The van der Waals surface area contributed by atoms with Gasteiger partial charge in [0.25, 0.3) is 5.91 Å². The molecule has 3 nitrogen and oxygen atoms in total. The third-order valence-electron chi connectivity index (χ3n) is 4.00. The highest BCUT2D eigenvalue weighted by atomic mass is 19.1. The first kappa shape index (κ1) is 15.4. The lowest BCUT2D eigenvalue weighted by Crippen LogP contribution is -2.37. The monoisotopic (exact) mass is 311 g/mol. The van der Waals surface area contributed by atoms with Gasteiger partial charge < -0.3 is 4.90 Å². The fourth-order valence-corrected chi connectivity index (χ4v) is 2.54. The first-order valence-electron chi connectivity index (χ1n) is 7.71. The summed E-state index contributed by atoms with van der Waals surface area (Å²) >= 11 is 0. The van der Waals surface area contributed by atoms with Crippen LogP contribution < -0.4 is 0 Å². The van der Waals surface area contributed by atoms with Crippen LogP contribution in [0.3, 0.4) is 0 Å². The molecule has 0 aliphatic heterocycles. The first-order chi connectivity index (χ1) is 11.0. The van der Waals surface area contributed by atoms with Crippen molar-refractivity contribution in [2.75, 3.05) is 0 Å². The van der Waals surface area contributed by atoms with Crippen molar-refractivity contribution in [3.8, 4) is 0 Å². The Kier molecular flexibility index (Phi) is 4.24. The first-order valence-corrected chi connectivity index (χ1v) is 7.71. The molecule has 2 aromatic rings. The standard InChI is InChI=1S/C19H18FNO2/c1-13-5-7-15(8-6-13)18(22)19(23)21(17-9-10-17)12-14-3-2-4-16(20)11-14/h2-8,11,17H,9-10,12H2,1H3. The summed E-state index contributed by atoms with van der Waals surface area (Å²) in [6.07, 6.45) is 1.78. The SMILES string of the molecule is Cc1ccc(C(=O)C(=O)N(Cc2cccc(F)c2)C2CC2)cc1. The van der Waals surface area contributed by atoms with Crippen molar-refractivity contribution in [1.29, 1.82) is 0 Å². The van der Waals surface area contributed by atoms with E-state index in [1.165, 1.54) is 12.1 Å². The fraction of sp³-hybridized carbons (Fsp3) is 0.263. The fourth-order valence-electron chi connectivity index (χ4n) is 2.54. The maximum atomic E-state index is 13.3. The summed E-state index contributed by atoms with van der Waals surface area (Å²) in [5.74, 6) is -1.36. The summed E-state index contributed by atoms with van der Waals surface area (Å²) in [4.78, 5) is 26.6. The maximum absolute atomic E-state index is 13.3. The van der Waals surface area contributed by atoms with Gasteiger partial charge >= 0.3 is 0 Å². The van der Waals surface area contributed by atoms with Crippen LogP contribution in [0.15, 0.2) is 48.5 Å². The number of carbonyl (C=O) groups excluding carboxylic acids is 2. The average molecular weight is 311 g/mol. The van der Waals surface area contributed by atoms with Crippen molar-refractivity contribution >= 4 is 11.7 Å². The van der Waals surface area contributed by atoms with Crippen LogP contribution >= 0.6 is 0 Å². The lowest BCUT2D eigenvalue weighted by molar-refractivity contribution is -0.127. The molecule has 1 aliphatic rings. The van der Waals surface area contributed by atoms with E-state index in [0.29, 0.717) is 11.1 Å². The summed E-state index contributed by atoms with van der Waals surface area (Å²) in [6, 6.07) is 13.2. The Morgan fingerprint density at radius 1 is 1.13 bits per heavy atom. The molecule has 0 saturated heterocycles. The molecule has 23 heavy (non-hydrogen) atoms. The minimum atomic E-state index is -0.513. The summed E-state index contributed by atoms with van der Waals surface area (Å²) in [5.41, 5.74) is 2.13. The molecule has 118 valence electrons. The van der Waals surface area contributed by atoms with E-state index in [1.54, 1.807) is 29.2 Å². The van der Waals surface area contributed by atoms with Gasteiger partial charge in [-0.05, 0) is 37.5 Å². The van der Waals surface area contributed by atoms with Crippen LogP contribution in [-0.2, 0) is 11.3 Å². The number of carbonyl (C=O) groups is 2. The van der Waals surface area contributed by atoms with Crippen molar-refractivity contribution in [2.45, 2.75) is 32.4 Å². The zero-order valence-corrected chi connectivity index (χ0v) is 13.0. The second-order valence-electron chi connectivity index (χ2n) is 5.99. The molecule has 1 aliphatic carbocycles. The van der Waals surface area contributed by atoms with Gasteiger partial charge in [0.2, 0.25) is 5.78 Å². The van der Waals surface area contributed by atoms with Gasteiger partial charge in [0.15, 0.2) is 0 Å². The molecule has 0 radical (unpaired) electrons. The van der Waals surface area contributed by atoms with Gasteiger partial charge in [0, 0.05) is 18.2 Å². The second-order valence-corrected chi connectivity index (χ2v) is 5.99. The van der Waals surface area contributed by atoms with Crippen LogP contribution in [0.5, 0.6) is 0 Å². The molecule has 0 N–H and O–H groups in total. The molecule has 0 atom stereocenters. The Bertz CT molecular complexity index is 735. The number of hydrogen-bond acceptors (Lipinski definition) is 2. The molecule has 0 heterocycles. The number of amides is 1. The second kappa shape index (κ2) is 6.32. The van der Waals surface area contributed by atoms with Crippen molar-refractivity contribution in [2.24, 2.45) is 0 Å². The molecule has 0 spiro atoms. The van der Waals surface area contributed by atoms with Gasteiger partial charge in [-0.2, -0.15) is 0 Å². The molecule has 4 heteroatoms. The van der Waals surface area contributed by atoms with Crippen molar-refractivity contribution < 1.29 is 14.0 Å². The Labute approximate surface area is 134 Å². The lowest BCUT2D eigenvalue weighted by atomic mass is 10.1. The van der Waals surface area contributed by atoms with Gasteiger partial charge in [-0.25, -0.2) is 4.39 Å². The van der Waals surface area contributed by atoms with E-state index in [1.807, 2.05) is 19.1 Å². The normalized spacial score (nSPS) is 13.7. The molecule has 0 aromatic heterocycles. The van der Waals surface area contributed by atoms with E-state index in [4.69, 9.17) is 0 Å². The molecule has 1 fully saturated rings. The third kappa shape index (κ3) is 3.65. The number of Topliss-reactive ketones (excluding diaryl/α,β-unsaturated/α-hetero) is 1. The van der Waals surface area contributed by atoms with Crippen molar-refractivity contribution in [3.63, 3.8) is 0 Å². The summed E-state index contributed by atoms with van der Waals surface area (Å²) in [5, 5.41) is 0. The van der Waals surface area contributed by atoms with E-state index in [2.05, 4.69) is 0 Å². The van der Waals surface area contributed by atoms with Crippen LogP contribution in [0, 0.1) is 12.7 Å². The Morgan fingerprint density at radius 2 is 1.83 bits per heavy atom. The van der Waals surface area contributed by atoms with Crippen LogP contribution in [0.4, 0.5) is 4.39 Å². The largest absolute Gasteiger partial charge is 0.328 e. The van der Waals surface area contributed by atoms with Gasteiger partial charge in [0.05, 0.1) is 0 Å². The molecule has 0 unspecified atom stereocenters. The predicted octanol–water partition coefficient (Wildman–Crippen LogP) is 3.51. The Balaban J connectivity index is 1.79. The lowest BCUT2D eigenvalue weighted by Gasteiger charge is -2.22. The third-order valence-corrected chi connectivity index (χ3v) is 4.00. The minimum Gasteiger partial charge on any atom is -0.328 e. The van der Waals surface area contributed by atoms with Gasteiger partial charge in [-0.1, -0.05) is 42.0 Å². The van der Waals surface area contributed by atoms with Gasteiger partial charge in [0.1, 0.15) is 5.82 Å². The number of rotatable bonds is 5. The number of nitrogens with zero attached hydrogens (tertiary/aromatic N) is 1. The highest BCUT2D eigenvalue weighted by molar-refractivity contribution is 6.42. The number of aryl methyl sites for hydroxylation is 1. The molecular formula is C19H18FNO2. The zero-order valence-electron chi connectivity index (χ0n) is 13.0. The van der Waals surface area contributed by atoms with Crippen LogP contribution in [0.2, 0.25) is 0 Å².